The number of hydrogen-bond donors (Lipinski definition) is 3. The third-order valence-corrected chi connectivity index (χ3v) is 3.02. The van der Waals surface area contributed by atoms with Gasteiger partial charge >= 0.3 is 6.03 Å². The molecule has 0 aliphatic rings. The van der Waals surface area contributed by atoms with Gasteiger partial charge in [0.1, 0.15) is 18.2 Å². The third kappa shape index (κ3) is 4.24. The number of aliphatic hydroxyl groups excluding tert-OH is 1. The number of nitrogens with one attached hydrogen (secondary N) is 2. The number of thiazole rings is 1. The summed E-state index contributed by atoms with van der Waals surface area (Å²) >= 11 is 1.10. The number of urea groups is 1. The maximum absolute atomic E-state index is 13.4. The Bertz CT molecular complexity index is 722. The van der Waals surface area contributed by atoms with Crippen LogP contribution in [0.25, 0.3) is 0 Å². The van der Waals surface area contributed by atoms with Crippen molar-refractivity contribution >= 4 is 28.2 Å². The number of amides is 2. The molecule has 108 valence electrons. The van der Waals surface area contributed by atoms with Crippen LogP contribution in [-0.4, -0.2) is 22.7 Å². The Hall–Kier alpha value is -2.50. The second kappa shape index (κ2) is 6.78. The summed E-state index contributed by atoms with van der Waals surface area (Å²) in [6, 6.07) is 2.10. The van der Waals surface area contributed by atoms with E-state index >= 15 is 0 Å². The minimum Gasteiger partial charge on any atom is -0.384 e. The maximum Gasteiger partial charge on any atom is 0.325 e. The zero-order chi connectivity index (χ0) is 15.2. The van der Waals surface area contributed by atoms with Crippen molar-refractivity contribution < 1.29 is 18.7 Å². The van der Waals surface area contributed by atoms with Gasteiger partial charge in [0.05, 0.1) is 16.8 Å². The Morgan fingerprint density at radius 2 is 2.19 bits per heavy atom. The van der Waals surface area contributed by atoms with Crippen molar-refractivity contribution in [1.82, 2.24) is 4.98 Å². The van der Waals surface area contributed by atoms with Gasteiger partial charge in [-0.2, -0.15) is 0 Å². The van der Waals surface area contributed by atoms with Crippen LogP contribution < -0.4 is 10.6 Å². The molecule has 0 spiro atoms. The molecule has 0 unspecified atom stereocenters. The standard InChI is InChI=1S/C13H9F2N3O2S/c14-8-3-4-11(10(15)6-8)17-12(20)18-13-16-7-9(21-13)2-1-5-19/h3-4,6-7,19H,5H2,(H2,16,17,18,20). The summed E-state index contributed by atoms with van der Waals surface area (Å²) in [5, 5.41) is 13.5. The van der Waals surface area contributed by atoms with E-state index in [1.165, 1.54) is 6.20 Å². The lowest BCUT2D eigenvalue weighted by molar-refractivity contribution is 0.262. The van der Waals surface area contributed by atoms with Crippen LogP contribution in [0.5, 0.6) is 0 Å². The molecule has 0 saturated heterocycles. The van der Waals surface area contributed by atoms with Crippen molar-refractivity contribution in [3.63, 3.8) is 0 Å². The number of carbonyl (C=O) groups is 1. The topological polar surface area (TPSA) is 74.2 Å². The van der Waals surface area contributed by atoms with E-state index in [2.05, 4.69) is 27.5 Å². The number of hydrogen-bond acceptors (Lipinski definition) is 4. The van der Waals surface area contributed by atoms with Crippen LogP contribution in [0.2, 0.25) is 0 Å². The van der Waals surface area contributed by atoms with Crippen molar-refractivity contribution in [3.05, 3.63) is 40.9 Å². The zero-order valence-corrected chi connectivity index (χ0v) is 11.3. The molecule has 0 atom stereocenters. The summed E-state index contributed by atoms with van der Waals surface area (Å²) in [6.45, 7) is -0.273. The highest BCUT2D eigenvalue weighted by molar-refractivity contribution is 7.16. The minimum atomic E-state index is -0.876. The molecule has 8 heteroatoms. The first kappa shape index (κ1) is 14.9. The highest BCUT2D eigenvalue weighted by Gasteiger charge is 2.09. The normalized spacial score (nSPS) is 9.67. The molecular weight excluding hydrogens is 300 g/mol. The predicted octanol–water partition coefficient (Wildman–Crippen LogP) is 2.41. The van der Waals surface area contributed by atoms with Crippen molar-refractivity contribution in [2.24, 2.45) is 0 Å². The molecule has 1 heterocycles. The average Bonchev–Trinajstić information content (AvgIpc) is 2.87. The SMILES string of the molecule is O=C(Nc1ncc(C#CCO)s1)Nc1ccc(F)cc1F. The van der Waals surface area contributed by atoms with Gasteiger partial charge in [0.2, 0.25) is 0 Å². The average molecular weight is 309 g/mol. The van der Waals surface area contributed by atoms with E-state index in [9.17, 15) is 13.6 Å². The third-order valence-electron chi connectivity index (χ3n) is 2.20. The fraction of sp³-hybridized carbons (Fsp3) is 0.0769. The van der Waals surface area contributed by atoms with Gasteiger partial charge < -0.3 is 10.4 Å². The minimum absolute atomic E-state index is 0.147. The van der Waals surface area contributed by atoms with E-state index < -0.39 is 17.7 Å². The molecule has 2 amide bonds. The van der Waals surface area contributed by atoms with E-state index in [-0.39, 0.29) is 17.4 Å². The highest BCUT2D eigenvalue weighted by Crippen LogP contribution is 2.18. The number of carbonyl (C=O) groups excluding carboxylic acids is 1. The Morgan fingerprint density at radius 3 is 2.90 bits per heavy atom. The van der Waals surface area contributed by atoms with E-state index in [0.717, 1.165) is 23.5 Å². The molecule has 0 saturated carbocycles. The predicted molar refractivity (Wildman–Crippen MR) is 75.1 cm³/mol. The molecule has 2 aromatic rings. The number of rotatable bonds is 2. The molecule has 2 rings (SSSR count). The summed E-state index contributed by atoms with van der Waals surface area (Å²) in [6.07, 6.45) is 1.43. The molecule has 0 aliphatic heterocycles. The molecule has 3 N–H and O–H groups in total. The number of aromatic nitrogens is 1. The van der Waals surface area contributed by atoms with E-state index in [1.807, 2.05) is 0 Å². The summed E-state index contributed by atoms with van der Waals surface area (Å²) in [4.78, 5) is 16.1. The number of benzene rings is 1. The van der Waals surface area contributed by atoms with Crippen LogP contribution >= 0.6 is 11.3 Å². The van der Waals surface area contributed by atoms with Gasteiger partial charge in [-0.3, -0.25) is 5.32 Å². The van der Waals surface area contributed by atoms with Crippen molar-refractivity contribution in [3.8, 4) is 11.8 Å². The van der Waals surface area contributed by atoms with Gasteiger partial charge in [-0.25, -0.2) is 18.6 Å². The van der Waals surface area contributed by atoms with Gasteiger partial charge in [-0.15, -0.1) is 0 Å². The number of halogens is 2. The van der Waals surface area contributed by atoms with Crippen molar-refractivity contribution in [1.29, 1.82) is 0 Å². The molecule has 0 bridgehead atoms. The second-order valence-corrected chi connectivity index (χ2v) is 4.72. The number of anilines is 2. The first-order chi connectivity index (χ1) is 10.1. The molecule has 0 aliphatic carbocycles. The molecular formula is C13H9F2N3O2S. The molecule has 1 aromatic carbocycles. The van der Waals surface area contributed by atoms with Crippen LogP contribution in [0.3, 0.4) is 0 Å². The van der Waals surface area contributed by atoms with E-state index in [1.54, 1.807) is 0 Å². The first-order valence-electron chi connectivity index (χ1n) is 5.67. The van der Waals surface area contributed by atoms with Crippen LogP contribution in [0.1, 0.15) is 4.88 Å². The van der Waals surface area contributed by atoms with Gasteiger partial charge in [0, 0.05) is 6.07 Å². The smallest absolute Gasteiger partial charge is 0.325 e. The lowest BCUT2D eigenvalue weighted by Crippen LogP contribution is -2.20. The fourth-order valence-electron chi connectivity index (χ4n) is 1.36. The van der Waals surface area contributed by atoms with Crippen molar-refractivity contribution in [2.75, 3.05) is 17.2 Å². The number of nitrogens with zero attached hydrogens (tertiary/aromatic N) is 1. The lowest BCUT2D eigenvalue weighted by atomic mass is 10.3. The Kier molecular flexibility index (Phi) is 4.81. The summed E-state index contributed by atoms with van der Waals surface area (Å²) in [7, 11) is 0. The molecule has 5 nitrogen and oxygen atoms in total. The molecule has 0 fully saturated rings. The number of aliphatic hydroxyl groups is 1. The quantitative estimate of drug-likeness (QED) is 0.746. The van der Waals surface area contributed by atoms with Crippen LogP contribution in [0.4, 0.5) is 24.4 Å². The van der Waals surface area contributed by atoms with Gasteiger partial charge in [-0.1, -0.05) is 23.2 Å². The summed E-state index contributed by atoms with van der Waals surface area (Å²) < 4.78 is 26.1. The first-order valence-corrected chi connectivity index (χ1v) is 6.49. The second-order valence-electron chi connectivity index (χ2n) is 3.69. The van der Waals surface area contributed by atoms with Gasteiger partial charge in [0.25, 0.3) is 0 Å². The molecule has 1 aromatic heterocycles. The fourth-order valence-corrected chi connectivity index (χ4v) is 2.04. The van der Waals surface area contributed by atoms with Crippen LogP contribution in [-0.2, 0) is 0 Å². The van der Waals surface area contributed by atoms with Crippen LogP contribution in [0.15, 0.2) is 24.4 Å². The lowest BCUT2D eigenvalue weighted by Gasteiger charge is -2.06. The Balaban J connectivity index is 2.00. The van der Waals surface area contributed by atoms with E-state index in [4.69, 9.17) is 5.11 Å². The highest BCUT2D eigenvalue weighted by atomic mass is 32.1. The van der Waals surface area contributed by atoms with E-state index in [0.29, 0.717) is 10.9 Å². The largest absolute Gasteiger partial charge is 0.384 e. The van der Waals surface area contributed by atoms with Crippen molar-refractivity contribution in [2.45, 2.75) is 0 Å². The Labute approximate surface area is 122 Å². The monoisotopic (exact) mass is 309 g/mol. The van der Waals surface area contributed by atoms with Crippen LogP contribution in [0, 0.1) is 23.5 Å². The van der Waals surface area contributed by atoms with Gasteiger partial charge in [-0.05, 0) is 12.1 Å². The summed E-state index contributed by atoms with van der Waals surface area (Å²) in [5.41, 5.74) is -0.147. The summed E-state index contributed by atoms with van der Waals surface area (Å²) in [5.74, 6) is 3.47. The van der Waals surface area contributed by atoms with Gasteiger partial charge in [0.15, 0.2) is 5.13 Å². The molecule has 21 heavy (non-hydrogen) atoms. The Morgan fingerprint density at radius 1 is 1.38 bits per heavy atom. The molecule has 0 radical (unpaired) electrons. The zero-order valence-electron chi connectivity index (χ0n) is 10.5. The maximum atomic E-state index is 13.4.